The summed E-state index contributed by atoms with van der Waals surface area (Å²) in [7, 11) is 0. The lowest BCUT2D eigenvalue weighted by atomic mass is 9.34. The number of carboxylic acids is 1. The lowest BCUT2D eigenvalue weighted by Gasteiger charge is -2.60. The van der Waals surface area contributed by atoms with Crippen molar-refractivity contribution >= 4 is 58.0 Å². The van der Waals surface area contributed by atoms with Gasteiger partial charge >= 0.3 is 5.97 Å². The maximum atomic E-state index is 13.7. The zero-order valence-electron chi connectivity index (χ0n) is 22.2. The molecule has 0 aromatic heterocycles. The van der Waals surface area contributed by atoms with Crippen LogP contribution in [-0.2, 0) is 47.9 Å². The van der Waals surface area contributed by atoms with E-state index >= 15 is 0 Å². The number of carboxylic acid groups (broad SMARTS) is 1. The summed E-state index contributed by atoms with van der Waals surface area (Å²) >= 11 is 0. The van der Waals surface area contributed by atoms with E-state index in [0.717, 1.165) is 0 Å². The molecule has 0 aliphatic heterocycles. The van der Waals surface area contributed by atoms with Gasteiger partial charge in [0, 0.05) is 0 Å². The van der Waals surface area contributed by atoms with Gasteiger partial charge in [0.25, 0.3) is 0 Å². The van der Waals surface area contributed by atoms with Gasteiger partial charge in [-0.2, -0.15) is 0 Å². The van der Waals surface area contributed by atoms with Crippen molar-refractivity contribution in [1.29, 1.82) is 0 Å². The fourth-order valence-corrected chi connectivity index (χ4v) is 6.19. The van der Waals surface area contributed by atoms with E-state index in [4.69, 9.17) is 11.5 Å². The van der Waals surface area contributed by atoms with Crippen LogP contribution in [0.4, 0.5) is 0 Å². The lowest BCUT2D eigenvalue weighted by molar-refractivity contribution is -0.198. The summed E-state index contributed by atoms with van der Waals surface area (Å²) in [5.74, 6) is -16.9. The highest BCUT2D eigenvalue weighted by molar-refractivity contribution is 6.34. The van der Waals surface area contributed by atoms with E-state index in [1.165, 1.54) is 0 Å². The van der Waals surface area contributed by atoms with Crippen LogP contribution < -0.4 is 11.5 Å². The minimum Gasteiger partial charge on any atom is -0.479 e. The maximum absolute atomic E-state index is 13.7. The van der Waals surface area contributed by atoms with Crippen LogP contribution in [0.1, 0.15) is 62.3 Å². The van der Waals surface area contributed by atoms with Gasteiger partial charge in [-0.3, -0.25) is 43.2 Å². The monoisotopic (exact) mass is 524 g/mol. The molecule has 13 heteroatoms. The molecule has 1 atom stereocenters. The number of rotatable bonds is 14. The summed E-state index contributed by atoms with van der Waals surface area (Å²) in [4.78, 5) is 133. The van der Waals surface area contributed by atoms with E-state index in [9.17, 15) is 53.1 Å². The minimum absolute atomic E-state index is 0.514. The molecule has 0 rings (SSSR count). The molecule has 0 saturated heterocycles. The van der Waals surface area contributed by atoms with Crippen LogP contribution in [0.2, 0.25) is 0 Å². The van der Waals surface area contributed by atoms with E-state index in [2.05, 4.69) is 0 Å². The van der Waals surface area contributed by atoms with Crippen molar-refractivity contribution < 1.29 is 53.1 Å². The molecule has 0 heterocycles. The fraction of sp³-hybridized carbons (Fsp3) is 0.583. The first-order valence-corrected chi connectivity index (χ1v) is 10.8. The van der Waals surface area contributed by atoms with E-state index < -0.39 is 85.3 Å². The van der Waals surface area contributed by atoms with Crippen molar-refractivity contribution in [3.8, 4) is 0 Å². The maximum Gasteiger partial charge on any atom is 0.333 e. The molecular weight excluding hydrogens is 492 g/mol. The normalized spacial score (nSPS) is 14.1. The zero-order chi connectivity index (χ0) is 30.3. The van der Waals surface area contributed by atoms with Gasteiger partial charge in [0.2, 0.25) is 0 Å². The van der Waals surface area contributed by atoms with Crippen LogP contribution >= 0.6 is 0 Å². The highest BCUT2D eigenvalue weighted by Gasteiger charge is 2.87. The average molecular weight is 525 g/mol. The Morgan fingerprint density at radius 2 is 0.568 bits per heavy atom. The second kappa shape index (κ2) is 10.1. The number of hydrogen-bond donors (Lipinski definition) is 3. The smallest absolute Gasteiger partial charge is 0.333 e. The Hall–Kier alpha value is -3.58. The Bertz CT molecular complexity index is 1020. The lowest BCUT2D eigenvalue weighted by Crippen LogP contribution is -2.87. The van der Waals surface area contributed by atoms with Crippen molar-refractivity contribution in [2.45, 2.75) is 73.4 Å². The van der Waals surface area contributed by atoms with Crippen molar-refractivity contribution in [2.24, 2.45) is 27.7 Å². The Morgan fingerprint density at radius 3 is 0.703 bits per heavy atom. The summed E-state index contributed by atoms with van der Waals surface area (Å²) in [5, 5.41) is 10.1. The molecule has 0 aliphatic carbocycles. The highest BCUT2D eigenvalue weighted by atomic mass is 16.4. The third-order valence-corrected chi connectivity index (χ3v) is 7.48. The molecule has 0 fully saturated rings. The van der Waals surface area contributed by atoms with Gasteiger partial charge in [-0.1, -0.05) is 0 Å². The average Bonchev–Trinajstić information content (AvgIpc) is 2.70. The van der Waals surface area contributed by atoms with Crippen molar-refractivity contribution in [2.75, 3.05) is 0 Å². The molecule has 37 heavy (non-hydrogen) atoms. The van der Waals surface area contributed by atoms with Crippen LogP contribution in [0.5, 0.6) is 0 Å². The SMILES string of the molecule is CC(=O)C(N)(C(C)=O)C(C(C)=O)(C(C)=O)C(C(C)=O)(C(C)=O)C(C(C)=O)(C(C)=O)[C@@](N)(C(C)=O)C(=O)O. The molecular formula is C24H32N2O11. The van der Waals surface area contributed by atoms with Crippen molar-refractivity contribution in [3.05, 3.63) is 0 Å². The Labute approximate surface area is 212 Å². The van der Waals surface area contributed by atoms with Crippen LogP contribution in [0.25, 0.3) is 0 Å². The van der Waals surface area contributed by atoms with Gasteiger partial charge in [0.1, 0.15) is 50.9 Å². The summed E-state index contributed by atoms with van der Waals surface area (Å²) in [6.45, 7) is 5.02. The molecule has 0 radical (unpaired) electrons. The van der Waals surface area contributed by atoms with Crippen molar-refractivity contribution in [1.82, 2.24) is 0 Å². The molecule has 0 aromatic carbocycles. The quantitative estimate of drug-likeness (QED) is 0.225. The van der Waals surface area contributed by atoms with Crippen LogP contribution in [0.3, 0.4) is 0 Å². The van der Waals surface area contributed by atoms with Gasteiger partial charge in [0.05, 0.1) is 0 Å². The molecule has 0 saturated carbocycles. The molecule has 0 aliphatic rings. The molecule has 0 spiro atoms. The highest BCUT2D eigenvalue weighted by Crippen LogP contribution is 2.63. The van der Waals surface area contributed by atoms with Gasteiger partial charge in [-0.25, -0.2) is 4.79 Å². The minimum atomic E-state index is -3.86. The van der Waals surface area contributed by atoms with Gasteiger partial charge in [-0.15, -0.1) is 0 Å². The second-order valence-electron chi connectivity index (χ2n) is 9.18. The third kappa shape index (κ3) is 3.51. The second-order valence-corrected chi connectivity index (χ2v) is 9.18. The predicted molar refractivity (Wildman–Crippen MR) is 125 cm³/mol. The fourth-order valence-electron chi connectivity index (χ4n) is 6.19. The number of carbonyl (C=O) groups excluding carboxylic acids is 9. The van der Waals surface area contributed by atoms with Gasteiger partial charge in [0.15, 0.2) is 28.4 Å². The van der Waals surface area contributed by atoms with E-state index in [1.807, 2.05) is 0 Å². The first-order valence-electron chi connectivity index (χ1n) is 10.8. The van der Waals surface area contributed by atoms with Crippen LogP contribution in [0.15, 0.2) is 0 Å². The van der Waals surface area contributed by atoms with Gasteiger partial charge in [-0.05, 0) is 62.3 Å². The molecule has 0 amide bonds. The summed E-state index contributed by atoms with van der Waals surface area (Å²) < 4.78 is 0. The molecule has 0 bridgehead atoms. The molecule has 13 nitrogen and oxygen atoms in total. The van der Waals surface area contributed by atoms with E-state index in [1.54, 1.807) is 0 Å². The zero-order valence-corrected chi connectivity index (χ0v) is 22.2. The third-order valence-electron chi connectivity index (χ3n) is 7.48. The molecule has 0 aromatic rings. The standard InChI is InChI=1S/C24H32N2O11/c1-10(27)20(11(2)28,21(12(3)29,13(4)30)23(25,16(7)33)17(8)34)22(14(5)31,15(6)32)24(26,18(9)35)19(36)37/h25-26H2,1-9H3,(H,36,37)/t24-/m1/s1. The Kier molecular flexibility index (Phi) is 9.08. The number of hydrogen-bond acceptors (Lipinski definition) is 12. The Morgan fingerprint density at radius 1 is 0.378 bits per heavy atom. The largest absolute Gasteiger partial charge is 0.479 e. The van der Waals surface area contributed by atoms with Crippen LogP contribution in [0, 0.1) is 16.2 Å². The topological polar surface area (TPSA) is 243 Å². The Balaban J connectivity index is 9.73. The number of aliphatic carboxylic acids is 1. The number of nitrogens with two attached hydrogens (primary N) is 2. The van der Waals surface area contributed by atoms with Crippen LogP contribution in [-0.4, -0.2) is 74.2 Å². The first kappa shape index (κ1) is 33.4. The summed E-state index contributed by atoms with van der Waals surface area (Å²) in [6.07, 6.45) is 0. The molecule has 5 N–H and O–H groups in total. The summed E-state index contributed by atoms with van der Waals surface area (Å²) in [5.41, 5.74) is -6.42. The number of Topliss-reactive ketones (excluding diaryl/α,β-unsaturated/α-hetero) is 9. The molecule has 0 unspecified atom stereocenters. The van der Waals surface area contributed by atoms with Gasteiger partial charge < -0.3 is 16.6 Å². The predicted octanol–water partition coefficient (Wildman–Crippen LogP) is -1.27. The number of carbonyl (C=O) groups is 10. The van der Waals surface area contributed by atoms with E-state index in [0.29, 0.717) is 62.3 Å². The van der Waals surface area contributed by atoms with E-state index in [-0.39, 0.29) is 0 Å². The molecule has 204 valence electrons. The first-order chi connectivity index (χ1) is 16.4. The number of ketones is 9. The summed E-state index contributed by atoms with van der Waals surface area (Å²) in [6, 6.07) is 0. The van der Waals surface area contributed by atoms with Crippen molar-refractivity contribution in [3.63, 3.8) is 0 Å².